The number of rotatable bonds is 11. The Kier molecular flexibility index (Phi) is 9.10. The van der Waals surface area contributed by atoms with E-state index in [4.69, 9.17) is 24.3 Å². The lowest BCUT2D eigenvalue weighted by Gasteiger charge is -2.30. The molecule has 3 aromatic rings. The highest BCUT2D eigenvalue weighted by Gasteiger charge is 2.55. The number of fused-ring (bicyclic) bond motifs is 1. The second-order valence-corrected chi connectivity index (χ2v) is 11.6. The first-order chi connectivity index (χ1) is 19.3. The summed E-state index contributed by atoms with van der Waals surface area (Å²) < 4.78 is 65.5. The highest BCUT2D eigenvalue weighted by atomic mass is 31.2. The van der Waals surface area contributed by atoms with Crippen LogP contribution < -0.4 is 21.0 Å². The Balaban J connectivity index is 1.61. The van der Waals surface area contributed by atoms with Gasteiger partial charge in [-0.1, -0.05) is 30.3 Å². The molecule has 0 radical (unpaired) electrons. The quantitative estimate of drug-likeness (QED) is 0.220. The standard InChI is InChI=1S/C26H31F2N4O8P/c1-15(2)38-23(34)16(3)31-41(36,40-19-9-8-17-6-4-5-7-18(17)12-19)37-14-26(24(27)28)13-20(33)22(39-26)32-11-10-21(29)30-25(32)35/h4-12,15-16,20,22,24,33H,13-14H2,1-3H3,(H,31,36)(H2,29,30,35)/t16-,20+,22+,26-,41?/m0/s1. The van der Waals surface area contributed by atoms with Gasteiger partial charge in [-0.15, -0.1) is 0 Å². The normalized spacial score (nSPS) is 23.0. The molecule has 1 aliphatic heterocycles. The molecule has 41 heavy (non-hydrogen) atoms. The number of carbonyl (C=O) groups excluding carboxylic acids is 1. The van der Waals surface area contributed by atoms with E-state index in [-0.39, 0.29) is 11.6 Å². The van der Waals surface area contributed by atoms with Gasteiger partial charge >= 0.3 is 19.4 Å². The minimum absolute atomic E-state index is 0.0693. The molecule has 0 aliphatic carbocycles. The molecule has 1 aromatic heterocycles. The summed E-state index contributed by atoms with van der Waals surface area (Å²) in [6.07, 6.45) is -6.40. The summed E-state index contributed by atoms with van der Waals surface area (Å²) in [5.74, 6) is -0.817. The van der Waals surface area contributed by atoms with E-state index in [1.54, 1.807) is 38.1 Å². The largest absolute Gasteiger partial charge is 0.462 e. The van der Waals surface area contributed by atoms with Crippen molar-refractivity contribution in [3.63, 3.8) is 0 Å². The minimum Gasteiger partial charge on any atom is -0.462 e. The number of nitrogens with two attached hydrogens (primary N) is 1. The number of nitrogens with zero attached hydrogens (tertiary/aromatic N) is 2. The van der Waals surface area contributed by atoms with Gasteiger partial charge in [0.25, 0.3) is 6.43 Å². The van der Waals surface area contributed by atoms with E-state index in [2.05, 4.69) is 10.1 Å². The molecule has 0 saturated carbocycles. The third-order valence-electron chi connectivity index (χ3n) is 6.25. The smallest absolute Gasteiger partial charge is 0.459 e. The zero-order chi connectivity index (χ0) is 29.9. The monoisotopic (exact) mass is 596 g/mol. The second-order valence-electron chi connectivity index (χ2n) is 9.90. The molecule has 4 rings (SSSR count). The second kappa shape index (κ2) is 12.2. The molecule has 1 aliphatic rings. The van der Waals surface area contributed by atoms with Gasteiger partial charge in [0.2, 0.25) is 0 Å². The topological polar surface area (TPSA) is 164 Å². The molecule has 2 heterocycles. The number of aliphatic hydroxyl groups is 1. The van der Waals surface area contributed by atoms with Gasteiger partial charge < -0.3 is 24.8 Å². The van der Waals surface area contributed by atoms with Gasteiger partial charge in [-0.2, -0.15) is 10.1 Å². The number of hydrogen-bond acceptors (Lipinski definition) is 10. The molecule has 1 fully saturated rings. The van der Waals surface area contributed by atoms with Crippen LogP contribution in [0.4, 0.5) is 14.6 Å². The van der Waals surface area contributed by atoms with Crippen LogP contribution in [-0.2, 0) is 23.4 Å². The molecule has 2 aromatic carbocycles. The third-order valence-corrected chi connectivity index (χ3v) is 7.87. The van der Waals surface area contributed by atoms with E-state index in [0.29, 0.717) is 0 Å². The number of benzene rings is 2. The van der Waals surface area contributed by atoms with Crippen molar-refractivity contribution in [2.45, 2.75) is 63.7 Å². The van der Waals surface area contributed by atoms with Crippen molar-refractivity contribution in [3.05, 3.63) is 65.2 Å². The summed E-state index contributed by atoms with van der Waals surface area (Å²) in [7, 11) is -4.58. The van der Waals surface area contributed by atoms with Crippen molar-refractivity contribution in [2.75, 3.05) is 12.3 Å². The molecule has 15 heteroatoms. The first kappa shape index (κ1) is 30.5. The van der Waals surface area contributed by atoms with E-state index in [9.17, 15) is 28.0 Å². The van der Waals surface area contributed by atoms with Crippen LogP contribution >= 0.6 is 7.75 Å². The molecular weight excluding hydrogens is 565 g/mol. The summed E-state index contributed by atoms with van der Waals surface area (Å²) in [5.41, 5.74) is 2.06. The number of aliphatic hydroxyl groups excluding tert-OH is 1. The Morgan fingerprint density at radius 3 is 2.61 bits per heavy atom. The van der Waals surface area contributed by atoms with Crippen molar-refractivity contribution in [3.8, 4) is 5.75 Å². The first-order valence-electron chi connectivity index (χ1n) is 12.7. The van der Waals surface area contributed by atoms with E-state index in [1.165, 1.54) is 19.1 Å². The van der Waals surface area contributed by atoms with E-state index in [0.717, 1.165) is 21.5 Å². The van der Waals surface area contributed by atoms with Crippen LogP contribution in [0.5, 0.6) is 5.75 Å². The van der Waals surface area contributed by atoms with E-state index < -0.39 is 68.9 Å². The van der Waals surface area contributed by atoms with Gasteiger partial charge in [-0.25, -0.2) is 18.1 Å². The molecule has 0 amide bonds. The maximum absolute atomic E-state index is 14.5. The predicted molar refractivity (Wildman–Crippen MR) is 144 cm³/mol. The molecule has 12 nitrogen and oxygen atoms in total. The number of alkyl halides is 2. The Labute approximate surface area is 234 Å². The average Bonchev–Trinajstić information content (AvgIpc) is 3.24. The summed E-state index contributed by atoms with van der Waals surface area (Å²) in [6, 6.07) is 12.1. The van der Waals surface area contributed by atoms with Crippen molar-refractivity contribution < 1.29 is 41.8 Å². The van der Waals surface area contributed by atoms with Gasteiger partial charge in [-0.3, -0.25) is 13.9 Å². The summed E-state index contributed by atoms with van der Waals surface area (Å²) in [5, 5.41) is 14.6. The number of anilines is 1. The Bertz CT molecular complexity index is 1510. The highest BCUT2D eigenvalue weighted by molar-refractivity contribution is 7.52. The van der Waals surface area contributed by atoms with Crippen LogP contribution in [0, 0.1) is 0 Å². The lowest BCUT2D eigenvalue weighted by Crippen LogP contribution is -2.44. The fourth-order valence-electron chi connectivity index (χ4n) is 4.25. The first-order valence-corrected chi connectivity index (χ1v) is 14.2. The highest BCUT2D eigenvalue weighted by Crippen LogP contribution is 2.49. The number of esters is 1. The van der Waals surface area contributed by atoms with E-state index >= 15 is 0 Å². The number of hydrogen-bond donors (Lipinski definition) is 3. The molecule has 0 spiro atoms. The number of carbonyl (C=O) groups is 1. The number of nitrogen functional groups attached to an aromatic ring is 1. The summed E-state index contributed by atoms with van der Waals surface area (Å²) >= 11 is 0. The van der Waals surface area contributed by atoms with Crippen LogP contribution in [0.3, 0.4) is 0 Å². The zero-order valence-corrected chi connectivity index (χ0v) is 23.4. The van der Waals surface area contributed by atoms with Gasteiger partial charge in [0.05, 0.1) is 12.7 Å². The van der Waals surface area contributed by atoms with Crippen LogP contribution in [0.15, 0.2) is 59.5 Å². The molecule has 5 atom stereocenters. The van der Waals surface area contributed by atoms with Crippen molar-refractivity contribution in [1.82, 2.24) is 14.6 Å². The van der Waals surface area contributed by atoms with E-state index in [1.807, 2.05) is 12.1 Å². The van der Waals surface area contributed by atoms with Gasteiger partial charge in [0, 0.05) is 12.6 Å². The maximum Gasteiger partial charge on any atom is 0.459 e. The summed E-state index contributed by atoms with van der Waals surface area (Å²) in [6.45, 7) is 3.55. The zero-order valence-electron chi connectivity index (χ0n) is 22.5. The maximum atomic E-state index is 14.5. The number of ether oxygens (including phenoxy) is 2. The third kappa shape index (κ3) is 7.08. The minimum atomic E-state index is -4.58. The van der Waals surface area contributed by atoms with Crippen LogP contribution in [0.1, 0.15) is 33.4 Å². The Morgan fingerprint density at radius 2 is 1.95 bits per heavy atom. The molecular formula is C26H31F2N4O8P. The lowest BCUT2D eigenvalue weighted by molar-refractivity contribution is -0.170. The fourth-order valence-corrected chi connectivity index (χ4v) is 5.79. The predicted octanol–water partition coefficient (Wildman–Crippen LogP) is 3.40. The number of nitrogens with one attached hydrogen (secondary N) is 1. The molecule has 4 N–H and O–H groups in total. The van der Waals surface area contributed by atoms with Crippen molar-refractivity contribution in [1.29, 1.82) is 0 Å². The average molecular weight is 597 g/mol. The molecule has 1 saturated heterocycles. The molecule has 0 bridgehead atoms. The van der Waals surface area contributed by atoms with Gasteiger partial charge in [-0.05, 0) is 49.7 Å². The van der Waals surface area contributed by atoms with Crippen molar-refractivity contribution in [2.24, 2.45) is 0 Å². The molecule has 222 valence electrons. The van der Waals surface area contributed by atoms with Crippen molar-refractivity contribution >= 4 is 30.3 Å². The number of aromatic nitrogens is 2. The Morgan fingerprint density at radius 1 is 1.24 bits per heavy atom. The Hall–Kier alpha value is -3.42. The van der Waals surface area contributed by atoms with Gasteiger partial charge in [0.15, 0.2) is 11.8 Å². The van der Waals surface area contributed by atoms with Crippen LogP contribution in [0.25, 0.3) is 10.8 Å². The van der Waals surface area contributed by atoms with Crippen LogP contribution in [-0.4, -0.2) is 57.5 Å². The van der Waals surface area contributed by atoms with Crippen LogP contribution in [0.2, 0.25) is 0 Å². The van der Waals surface area contributed by atoms with Gasteiger partial charge in [0.1, 0.15) is 23.7 Å². The lowest BCUT2D eigenvalue weighted by atomic mass is 10.0. The number of halogens is 2. The SMILES string of the molecule is CC(C)OC(=O)[C@H](C)NP(=O)(OC[C@]1(C(F)F)C[C@@H](O)[C@H](n2ccc(N)nc2=O)O1)Oc1ccc2ccccc2c1. The summed E-state index contributed by atoms with van der Waals surface area (Å²) in [4.78, 5) is 28.2. The molecule has 1 unspecified atom stereocenters. The fraction of sp³-hybridized carbons (Fsp3) is 0.423.